The lowest BCUT2D eigenvalue weighted by Crippen LogP contribution is -2.30. The topological polar surface area (TPSA) is 106 Å². The number of carbonyl (C=O) groups is 1. The van der Waals surface area contributed by atoms with E-state index in [1.54, 1.807) is 12.5 Å². The average molecular weight is 356 g/mol. The molecule has 0 saturated heterocycles. The fourth-order valence-corrected chi connectivity index (χ4v) is 3.17. The number of aromatic amines is 1. The lowest BCUT2D eigenvalue weighted by Gasteiger charge is -2.08. The molecule has 3 heterocycles. The summed E-state index contributed by atoms with van der Waals surface area (Å²) in [7, 11) is 0. The van der Waals surface area contributed by atoms with Crippen molar-refractivity contribution in [2.24, 2.45) is 0 Å². The van der Waals surface area contributed by atoms with Gasteiger partial charge in [-0.05, 0) is 19.8 Å². The molecular formula is C16H16N6O2S. The Kier molecular flexibility index (Phi) is 3.92. The first-order valence-corrected chi connectivity index (χ1v) is 8.80. The van der Waals surface area contributed by atoms with Crippen molar-refractivity contribution in [3.63, 3.8) is 0 Å². The molecule has 1 saturated carbocycles. The number of rotatable bonds is 5. The number of imidazole rings is 1. The monoisotopic (exact) mass is 356 g/mol. The number of hydrogen-bond acceptors (Lipinski definition) is 6. The second-order valence-corrected chi connectivity index (χ2v) is 6.99. The number of amides is 1. The summed E-state index contributed by atoms with van der Waals surface area (Å²) in [5, 5.41) is 5.45. The van der Waals surface area contributed by atoms with E-state index in [9.17, 15) is 9.59 Å². The van der Waals surface area contributed by atoms with Crippen LogP contribution in [0.3, 0.4) is 0 Å². The summed E-state index contributed by atoms with van der Waals surface area (Å²) < 4.78 is 2.07. The highest BCUT2D eigenvalue weighted by molar-refractivity contribution is 7.09. The summed E-state index contributed by atoms with van der Waals surface area (Å²) in [6, 6.07) is 0.486. The van der Waals surface area contributed by atoms with Crippen LogP contribution in [0.1, 0.15) is 39.9 Å². The van der Waals surface area contributed by atoms with Crippen LogP contribution in [-0.4, -0.2) is 30.4 Å². The summed E-state index contributed by atoms with van der Waals surface area (Å²) in [5.41, 5.74) is 1.02. The Balaban J connectivity index is 1.48. The van der Waals surface area contributed by atoms with Crippen molar-refractivity contribution in [1.82, 2.24) is 29.8 Å². The van der Waals surface area contributed by atoms with Crippen molar-refractivity contribution < 1.29 is 4.79 Å². The van der Waals surface area contributed by atoms with Crippen LogP contribution in [0.25, 0.3) is 11.5 Å². The van der Waals surface area contributed by atoms with Crippen LogP contribution in [0.15, 0.2) is 28.9 Å². The van der Waals surface area contributed by atoms with Gasteiger partial charge in [-0.15, -0.1) is 11.3 Å². The Hall–Kier alpha value is -2.81. The van der Waals surface area contributed by atoms with E-state index in [2.05, 4.69) is 29.8 Å². The zero-order chi connectivity index (χ0) is 17.4. The molecule has 3 aromatic rings. The SMILES string of the molecule is Cc1nc(-c2ncc(C(=O)NCc3cncn3C3CC3)c(=O)[nH]2)cs1. The predicted octanol–water partition coefficient (Wildman–Crippen LogP) is 1.66. The van der Waals surface area contributed by atoms with Gasteiger partial charge in [-0.1, -0.05) is 0 Å². The standard InChI is InChI=1S/C16H16N6O2S/c1-9-20-13(7-25-9)14-18-6-12(16(24)21-14)15(23)19-5-11-4-17-8-22(11)10-2-3-10/h4,6-8,10H,2-3,5H2,1H3,(H,19,23)(H,18,21,24). The van der Waals surface area contributed by atoms with E-state index < -0.39 is 11.5 Å². The van der Waals surface area contributed by atoms with Gasteiger partial charge >= 0.3 is 0 Å². The molecule has 0 aromatic carbocycles. The molecule has 0 spiro atoms. The zero-order valence-electron chi connectivity index (χ0n) is 13.5. The van der Waals surface area contributed by atoms with E-state index in [4.69, 9.17) is 0 Å². The van der Waals surface area contributed by atoms with E-state index in [1.807, 2.05) is 12.3 Å². The number of hydrogen-bond donors (Lipinski definition) is 2. The number of carbonyl (C=O) groups excluding carboxylic acids is 1. The molecule has 1 aliphatic carbocycles. The second-order valence-electron chi connectivity index (χ2n) is 5.93. The number of nitrogens with one attached hydrogen (secondary N) is 2. The molecule has 25 heavy (non-hydrogen) atoms. The second kappa shape index (κ2) is 6.25. The van der Waals surface area contributed by atoms with Crippen molar-refractivity contribution in [3.8, 4) is 11.5 Å². The molecule has 8 nitrogen and oxygen atoms in total. The van der Waals surface area contributed by atoms with Gasteiger partial charge in [-0.2, -0.15) is 0 Å². The maximum Gasteiger partial charge on any atom is 0.264 e. The first-order chi connectivity index (χ1) is 12.1. The fourth-order valence-electron chi connectivity index (χ4n) is 2.58. The Morgan fingerprint density at radius 1 is 1.44 bits per heavy atom. The van der Waals surface area contributed by atoms with Crippen LogP contribution < -0.4 is 10.9 Å². The van der Waals surface area contributed by atoms with E-state index in [-0.39, 0.29) is 5.56 Å². The first-order valence-electron chi connectivity index (χ1n) is 7.92. The lowest BCUT2D eigenvalue weighted by atomic mass is 10.3. The van der Waals surface area contributed by atoms with E-state index in [0.29, 0.717) is 24.1 Å². The van der Waals surface area contributed by atoms with E-state index in [1.165, 1.54) is 17.5 Å². The van der Waals surface area contributed by atoms with E-state index in [0.717, 1.165) is 23.5 Å². The molecule has 0 bridgehead atoms. The summed E-state index contributed by atoms with van der Waals surface area (Å²) in [5.74, 6) is -0.101. The summed E-state index contributed by atoms with van der Waals surface area (Å²) in [4.78, 5) is 39.7. The molecule has 0 unspecified atom stereocenters. The maximum absolute atomic E-state index is 12.3. The van der Waals surface area contributed by atoms with E-state index >= 15 is 0 Å². The molecule has 3 aromatic heterocycles. The van der Waals surface area contributed by atoms with Crippen molar-refractivity contribution in [3.05, 3.63) is 50.7 Å². The van der Waals surface area contributed by atoms with Crippen LogP contribution >= 0.6 is 11.3 Å². The van der Waals surface area contributed by atoms with Gasteiger partial charge in [0.15, 0.2) is 5.82 Å². The Labute approximate surface area is 147 Å². The highest BCUT2D eigenvalue weighted by Gasteiger charge is 2.25. The highest BCUT2D eigenvalue weighted by atomic mass is 32.1. The van der Waals surface area contributed by atoms with Gasteiger partial charge in [0.1, 0.15) is 11.3 Å². The van der Waals surface area contributed by atoms with Gasteiger partial charge in [-0.3, -0.25) is 9.59 Å². The number of thiazole rings is 1. The third-order valence-corrected chi connectivity index (χ3v) is 4.80. The Morgan fingerprint density at radius 3 is 2.96 bits per heavy atom. The Morgan fingerprint density at radius 2 is 2.28 bits per heavy atom. The maximum atomic E-state index is 12.3. The van der Waals surface area contributed by atoms with Crippen LogP contribution in [0.5, 0.6) is 0 Å². The molecule has 1 aliphatic rings. The fraction of sp³-hybridized carbons (Fsp3) is 0.312. The van der Waals surface area contributed by atoms with Crippen LogP contribution in [0, 0.1) is 6.92 Å². The minimum atomic E-state index is -0.483. The average Bonchev–Trinajstić information content (AvgIpc) is 3.17. The highest BCUT2D eigenvalue weighted by Crippen LogP contribution is 2.35. The largest absolute Gasteiger partial charge is 0.346 e. The summed E-state index contributed by atoms with van der Waals surface area (Å²) in [6.07, 6.45) is 7.07. The third-order valence-electron chi connectivity index (χ3n) is 4.02. The van der Waals surface area contributed by atoms with Gasteiger partial charge in [0, 0.05) is 23.8 Å². The molecular weight excluding hydrogens is 340 g/mol. The Bertz CT molecular complexity index is 984. The normalized spacial score (nSPS) is 13.8. The van der Waals surface area contributed by atoms with Gasteiger partial charge in [-0.25, -0.2) is 15.0 Å². The molecule has 4 rings (SSSR count). The van der Waals surface area contributed by atoms with Crippen LogP contribution in [0.4, 0.5) is 0 Å². The van der Waals surface area contributed by atoms with Crippen molar-refractivity contribution in [1.29, 1.82) is 0 Å². The van der Waals surface area contributed by atoms with Crippen molar-refractivity contribution in [2.45, 2.75) is 32.4 Å². The number of aryl methyl sites for hydroxylation is 1. The molecule has 9 heteroatoms. The minimum Gasteiger partial charge on any atom is -0.346 e. The van der Waals surface area contributed by atoms with Gasteiger partial charge in [0.25, 0.3) is 11.5 Å². The smallest absolute Gasteiger partial charge is 0.264 e. The summed E-state index contributed by atoms with van der Waals surface area (Å²) in [6.45, 7) is 2.20. The molecule has 2 N–H and O–H groups in total. The molecule has 0 radical (unpaired) electrons. The van der Waals surface area contributed by atoms with Crippen molar-refractivity contribution in [2.75, 3.05) is 0 Å². The number of H-pyrrole nitrogens is 1. The molecule has 0 atom stereocenters. The lowest BCUT2D eigenvalue weighted by molar-refractivity contribution is 0.0948. The van der Waals surface area contributed by atoms with Gasteiger partial charge in [0.2, 0.25) is 0 Å². The van der Waals surface area contributed by atoms with Gasteiger partial charge in [0.05, 0.1) is 23.6 Å². The first kappa shape index (κ1) is 15.7. The van der Waals surface area contributed by atoms with Crippen molar-refractivity contribution >= 4 is 17.2 Å². The van der Waals surface area contributed by atoms with Gasteiger partial charge < -0.3 is 14.9 Å². The third kappa shape index (κ3) is 3.22. The number of nitrogens with zero attached hydrogens (tertiary/aromatic N) is 4. The molecule has 128 valence electrons. The molecule has 1 amide bonds. The minimum absolute atomic E-state index is 0.0202. The van der Waals surface area contributed by atoms with Crippen LogP contribution in [0.2, 0.25) is 0 Å². The summed E-state index contributed by atoms with van der Waals surface area (Å²) >= 11 is 1.47. The quantitative estimate of drug-likeness (QED) is 0.723. The number of aromatic nitrogens is 5. The predicted molar refractivity (Wildman–Crippen MR) is 92.4 cm³/mol. The molecule has 1 fully saturated rings. The molecule has 0 aliphatic heterocycles. The van der Waals surface area contributed by atoms with Crippen LogP contribution in [-0.2, 0) is 6.54 Å². The zero-order valence-corrected chi connectivity index (χ0v) is 14.3.